The van der Waals surface area contributed by atoms with Gasteiger partial charge in [0.1, 0.15) is 11.6 Å². The summed E-state index contributed by atoms with van der Waals surface area (Å²) in [6.07, 6.45) is 0.759. The fraction of sp³-hybridized carbons (Fsp3) is 0.286. The highest BCUT2D eigenvalue weighted by Crippen LogP contribution is 2.23. The minimum absolute atomic E-state index is 0.759. The minimum atomic E-state index is 0.759. The van der Waals surface area contributed by atoms with E-state index in [2.05, 4.69) is 50.3 Å². The normalized spacial score (nSPS) is 10.4. The van der Waals surface area contributed by atoms with Crippen molar-refractivity contribution < 1.29 is 0 Å². The third-order valence-electron chi connectivity index (χ3n) is 2.91. The van der Waals surface area contributed by atoms with Crippen LogP contribution >= 0.6 is 15.9 Å². The van der Waals surface area contributed by atoms with E-state index in [1.54, 1.807) is 0 Å². The number of nitrogens with zero attached hydrogens (tertiary/aromatic N) is 2. The topological polar surface area (TPSA) is 37.8 Å². The van der Waals surface area contributed by atoms with Crippen LogP contribution in [0.2, 0.25) is 0 Å². The van der Waals surface area contributed by atoms with E-state index in [-0.39, 0.29) is 0 Å². The van der Waals surface area contributed by atoms with Crippen LogP contribution in [0.5, 0.6) is 0 Å². The van der Waals surface area contributed by atoms with Crippen LogP contribution in [-0.4, -0.2) is 17.0 Å². The Morgan fingerprint density at radius 2 is 1.89 bits per heavy atom. The molecule has 94 valence electrons. The number of hydrogen-bond donors (Lipinski definition) is 1. The summed E-state index contributed by atoms with van der Waals surface area (Å²) in [5, 5.41) is 3.08. The number of nitrogens with one attached hydrogen (secondary N) is 1. The first-order valence-electron chi connectivity index (χ1n) is 5.87. The van der Waals surface area contributed by atoms with Crippen molar-refractivity contribution in [1.82, 2.24) is 9.97 Å². The molecule has 0 unspecified atom stereocenters. The predicted molar refractivity (Wildman–Crippen MR) is 78.0 cm³/mol. The molecule has 0 aliphatic heterocycles. The largest absolute Gasteiger partial charge is 0.372 e. The zero-order valence-electron chi connectivity index (χ0n) is 10.8. The van der Waals surface area contributed by atoms with Crippen molar-refractivity contribution in [3.05, 3.63) is 51.4 Å². The van der Waals surface area contributed by atoms with E-state index in [0.717, 1.165) is 28.2 Å². The molecule has 1 aromatic carbocycles. The number of hydrogen-bond acceptors (Lipinski definition) is 3. The summed E-state index contributed by atoms with van der Waals surface area (Å²) >= 11 is 3.49. The molecule has 0 aliphatic carbocycles. The second-order valence-electron chi connectivity index (χ2n) is 4.24. The van der Waals surface area contributed by atoms with Crippen LogP contribution in [0, 0.1) is 13.8 Å². The maximum atomic E-state index is 4.52. The van der Waals surface area contributed by atoms with Crippen LogP contribution in [-0.2, 0) is 6.42 Å². The molecule has 0 aliphatic rings. The molecule has 0 amide bonds. The van der Waals surface area contributed by atoms with Gasteiger partial charge in [0.25, 0.3) is 0 Å². The number of benzene rings is 1. The average molecular weight is 306 g/mol. The molecule has 0 saturated heterocycles. The summed E-state index contributed by atoms with van der Waals surface area (Å²) in [7, 11) is 1.87. The first-order valence-corrected chi connectivity index (χ1v) is 6.66. The Morgan fingerprint density at radius 1 is 1.17 bits per heavy atom. The Bertz CT molecular complexity index is 567. The molecular weight excluding hydrogens is 290 g/mol. The van der Waals surface area contributed by atoms with E-state index < -0.39 is 0 Å². The molecule has 2 rings (SSSR count). The Hall–Kier alpha value is -1.42. The fourth-order valence-corrected chi connectivity index (χ4v) is 2.22. The maximum Gasteiger partial charge on any atom is 0.144 e. The Labute approximate surface area is 116 Å². The fourth-order valence-electron chi connectivity index (χ4n) is 1.84. The third kappa shape index (κ3) is 2.70. The van der Waals surface area contributed by atoms with E-state index in [0.29, 0.717) is 0 Å². The van der Waals surface area contributed by atoms with Crippen LogP contribution in [0.25, 0.3) is 0 Å². The predicted octanol–water partition coefficient (Wildman–Crippen LogP) is 3.49. The Kier molecular flexibility index (Phi) is 3.97. The summed E-state index contributed by atoms with van der Waals surface area (Å²) in [4.78, 5) is 9.04. The van der Waals surface area contributed by atoms with Gasteiger partial charge in [0, 0.05) is 13.5 Å². The minimum Gasteiger partial charge on any atom is -0.372 e. The lowest BCUT2D eigenvalue weighted by Crippen LogP contribution is -2.05. The second kappa shape index (κ2) is 5.48. The molecule has 1 N–H and O–H groups in total. The number of aryl methyl sites for hydroxylation is 2. The molecule has 0 saturated carbocycles. The molecule has 0 fully saturated rings. The molecule has 3 nitrogen and oxygen atoms in total. The van der Waals surface area contributed by atoms with Gasteiger partial charge < -0.3 is 5.32 Å². The Morgan fingerprint density at radius 3 is 2.56 bits per heavy atom. The SMILES string of the molecule is CNc1nc(Cc2ccccc2C)nc(C)c1Br. The van der Waals surface area contributed by atoms with Gasteiger partial charge in [0.05, 0.1) is 10.2 Å². The zero-order valence-corrected chi connectivity index (χ0v) is 12.4. The van der Waals surface area contributed by atoms with Gasteiger partial charge in [-0.3, -0.25) is 0 Å². The van der Waals surface area contributed by atoms with Gasteiger partial charge in [0.15, 0.2) is 0 Å². The molecule has 0 atom stereocenters. The summed E-state index contributed by atoms with van der Waals surface area (Å²) in [5.41, 5.74) is 3.49. The van der Waals surface area contributed by atoms with E-state index in [4.69, 9.17) is 0 Å². The quantitative estimate of drug-likeness (QED) is 0.943. The summed E-state index contributed by atoms with van der Waals surface area (Å²) in [5.74, 6) is 1.68. The lowest BCUT2D eigenvalue weighted by atomic mass is 10.1. The van der Waals surface area contributed by atoms with Crippen LogP contribution in [0.3, 0.4) is 0 Å². The van der Waals surface area contributed by atoms with Crippen molar-refractivity contribution in [3.63, 3.8) is 0 Å². The smallest absolute Gasteiger partial charge is 0.144 e. The third-order valence-corrected chi connectivity index (χ3v) is 3.86. The van der Waals surface area contributed by atoms with Gasteiger partial charge in [-0.15, -0.1) is 0 Å². The molecule has 1 aromatic heterocycles. The van der Waals surface area contributed by atoms with Crippen molar-refractivity contribution in [3.8, 4) is 0 Å². The highest BCUT2D eigenvalue weighted by atomic mass is 79.9. The molecule has 0 radical (unpaired) electrons. The molecule has 2 aromatic rings. The van der Waals surface area contributed by atoms with E-state index in [1.165, 1.54) is 11.1 Å². The van der Waals surface area contributed by atoms with Gasteiger partial charge >= 0.3 is 0 Å². The van der Waals surface area contributed by atoms with Gasteiger partial charge in [-0.2, -0.15) is 0 Å². The second-order valence-corrected chi connectivity index (χ2v) is 5.03. The van der Waals surface area contributed by atoms with Crippen LogP contribution in [0.15, 0.2) is 28.7 Å². The highest BCUT2D eigenvalue weighted by molar-refractivity contribution is 9.10. The Balaban J connectivity index is 2.36. The van der Waals surface area contributed by atoms with Gasteiger partial charge in [-0.1, -0.05) is 24.3 Å². The van der Waals surface area contributed by atoms with E-state index in [1.807, 2.05) is 26.1 Å². The van der Waals surface area contributed by atoms with Crippen molar-refractivity contribution >= 4 is 21.7 Å². The highest BCUT2D eigenvalue weighted by Gasteiger charge is 2.09. The number of aromatic nitrogens is 2. The summed E-state index contributed by atoms with van der Waals surface area (Å²) < 4.78 is 0.929. The lowest BCUT2D eigenvalue weighted by Gasteiger charge is -2.09. The van der Waals surface area contributed by atoms with Crippen LogP contribution in [0.4, 0.5) is 5.82 Å². The molecule has 18 heavy (non-hydrogen) atoms. The lowest BCUT2D eigenvalue weighted by molar-refractivity contribution is 0.931. The standard InChI is InChI=1S/C14H16BrN3/c1-9-6-4-5-7-11(9)8-12-17-10(2)13(15)14(16-3)18-12/h4-7H,8H2,1-3H3,(H,16,17,18). The van der Waals surface area contributed by atoms with Crippen molar-refractivity contribution in [2.75, 3.05) is 12.4 Å². The monoisotopic (exact) mass is 305 g/mol. The summed E-state index contributed by atoms with van der Waals surface area (Å²) in [6.45, 7) is 4.09. The number of rotatable bonds is 3. The molecule has 0 bridgehead atoms. The van der Waals surface area contributed by atoms with Gasteiger partial charge in [-0.25, -0.2) is 9.97 Å². The van der Waals surface area contributed by atoms with E-state index >= 15 is 0 Å². The summed E-state index contributed by atoms with van der Waals surface area (Å²) in [6, 6.07) is 8.33. The molecule has 4 heteroatoms. The van der Waals surface area contributed by atoms with Crippen molar-refractivity contribution in [2.45, 2.75) is 20.3 Å². The maximum absolute atomic E-state index is 4.52. The van der Waals surface area contributed by atoms with E-state index in [9.17, 15) is 0 Å². The first kappa shape index (κ1) is 13.0. The van der Waals surface area contributed by atoms with Crippen LogP contribution in [0.1, 0.15) is 22.6 Å². The molecule has 0 spiro atoms. The average Bonchev–Trinajstić information content (AvgIpc) is 2.36. The zero-order chi connectivity index (χ0) is 13.1. The molecular formula is C14H16BrN3. The number of halogens is 1. The first-order chi connectivity index (χ1) is 8.61. The number of anilines is 1. The molecule has 1 heterocycles. The van der Waals surface area contributed by atoms with Gasteiger partial charge in [0.2, 0.25) is 0 Å². The van der Waals surface area contributed by atoms with Crippen LogP contribution < -0.4 is 5.32 Å². The van der Waals surface area contributed by atoms with Crippen molar-refractivity contribution in [1.29, 1.82) is 0 Å². The van der Waals surface area contributed by atoms with Gasteiger partial charge in [-0.05, 0) is 40.9 Å². The van der Waals surface area contributed by atoms with Crippen molar-refractivity contribution in [2.24, 2.45) is 0 Å².